The van der Waals surface area contributed by atoms with Crippen LogP contribution in [-0.2, 0) is 11.8 Å². The van der Waals surface area contributed by atoms with E-state index in [1.165, 1.54) is 9.13 Å². The molecule has 19 heavy (non-hydrogen) atoms. The fraction of sp³-hybridized carbons (Fsp3) is 0.231. The van der Waals surface area contributed by atoms with E-state index in [2.05, 4.69) is 0 Å². The Bertz CT molecular complexity index is 657. The van der Waals surface area contributed by atoms with Gasteiger partial charge in [0.2, 0.25) is 0 Å². The number of benzene rings is 1. The summed E-state index contributed by atoms with van der Waals surface area (Å²) in [5.41, 5.74) is 7.01. The minimum Gasteiger partial charge on any atom is -0.481 e. The Labute approximate surface area is 109 Å². The maximum Gasteiger partial charge on any atom is 0.332 e. The molecular formula is C13H15N3O3. The molecule has 6 heteroatoms. The molecule has 1 atom stereocenters. The average molecular weight is 261 g/mol. The van der Waals surface area contributed by atoms with Crippen molar-refractivity contribution in [3.63, 3.8) is 0 Å². The number of imidazole rings is 1. The zero-order chi connectivity index (χ0) is 14.0. The second-order valence-electron chi connectivity index (χ2n) is 4.36. The first-order chi connectivity index (χ1) is 8.99. The molecule has 1 unspecified atom stereocenters. The standard InChI is InChI=1S/C13H15N3O3/c1-15-5-6-16(13(15)19)10-4-2-3-9(7-10)11(14)8-12(17)18/h2-7,11H,8,14H2,1H3,(H,17,18). The molecule has 1 heterocycles. The summed E-state index contributed by atoms with van der Waals surface area (Å²) in [7, 11) is 1.67. The molecule has 0 aliphatic rings. The van der Waals surface area contributed by atoms with Gasteiger partial charge in [0.1, 0.15) is 0 Å². The van der Waals surface area contributed by atoms with Crippen LogP contribution in [0.5, 0.6) is 0 Å². The Hall–Kier alpha value is -2.34. The molecule has 0 aliphatic carbocycles. The van der Waals surface area contributed by atoms with E-state index in [-0.39, 0.29) is 12.1 Å². The van der Waals surface area contributed by atoms with Crippen molar-refractivity contribution < 1.29 is 9.90 Å². The van der Waals surface area contributed by atoms with Crippen molar-refractivity contribution in [1.29, 1.82) is 0 Å². The lowest BCUT2D eigenvalue weighted by molar-refractivity contribution is -0.137. The summed E-state index contributed by atoms with van der Waals surface area (Å²) in [6.45, 7) is 0. The number of aliphatic carboxylic acids is 1. The van der Waals surface area contributed by atoms with Crippen LogP contribution in [0.1, 0.15) is 18.0 Å². The Kier molecular flexibility index (Phi) is 3.52. The van der Waals surface area contributed by atoms with Gasteiger partial charge < -0.3 is 15.4 Å². The third-order valence-electron chi connectivity index (χ3n) is 2.92. The fourth-order valence-corrected chi connectivity index (χ4v) is 1.87. The van der Waals surface area contributed by atoms with Crippen molar-refractivity contribution in [3.05, 3.63) is 52.7 Å². The molecule has 6 nitrogen and oxygen atoms in total. The molecule has 0 aliphatic heterocycles. The first-order valence-electron chi connectivity index (χ1n) is 5.80. The molecule has 2 aromatic rings. The molecule has 0 radical (unpaired) electrons. The minimum atomic E-state index is -0.949. The number of carboxylic acid groups (broad SMARTS) is 1. The number of hydrogen-bond acceptors (Lipinski definition) is 3. The van der Waals surface area contributed by atoms with E-state index in [9.17, 15) is 9.59 Å². The number of hydrogen-bond donors (Lipinski definition) is 2. The Morgan fingerprint density at radius 2 is 2.16 bits per heavy atom. The third-order valence-corrected chi connectivity index (χ3v) is 2.92. The molecule has 3 N–H and O–H groups in total. The van der Waals surface area contributed by atoms with E-state index in [0.29, 0.717) is 11.3 Å². The van der Waals surface area contributed by atoms with Gasteiger partial charge >= 0.3 is 11.7 Å². The Morgan fingerprint density at radius 3 is 2.74 bits per heavy atom. The first-order valence-corrected chi connectivity index (χ1v) is 5.80. The molecule has 1 aromatic heterocycles. The topological polar surface area (TPSA) is 90.2 Å². The predicted octanol–water partition coefficient (Wildman–Crippen LogP) is 0.650. The lowest BCUT2D eigenvalue weighted by atomic mass is 10.0. The van der Waals surface area contributed by atoms with Crippen LogP contribution in [-0.4, -0.2) is 20.2 Å². The maximum atomic E-state index is 11.8. The van der Waals surface area contributed by atoms with E-state index in [1.807, 2.05) is 0 Å². The first kappa shape index (κ1) is 13.1. The van der Waals surface area contributed by atoms with Gasteiger partial charge in [-0.2, -0.15) is 0 Å². The quantitative estimate of drug-likeness (QED) is 0.845. The van der Waals surface area contributed by atoms with Crippen molar-refractivity contribution in [2.75, 3.05) is 0 Å². The molecule has 1 aromatic carbocycles. The minimum absolute atomic E-state index is 0.146. The van der Waals surface area contributed by atoms with Crippen molar-refractivity contribution in [1.82, 2.24) is 9.13 Å². The summed E-state index contributed by atoms with van der Waals surface area (Å²) in [5.74, 6) is -0.949. The van der Waals surface area contributed by atoms with Gasteiger partial charge in [-0.15, -0.1) is 0 Å². The van der Waals surface area contributed by atoms with Gasteiger partial charge in [0.05, 0.1) is 12.1 Å². The Morgan fingerprint density at radius 1 is 1.42 bits per heavy atom. The molecule has 0 bridgehead atoms. The molecule has 0 saturated heterocycles. The molecule has 100 valence electrons. The number of aromatic nitrogens is 2. The smallest absolute Gasteiger partial charge is 0.332 e. The van der Waals surface area contributed by atoms with Crippen LogP contribution in [0.2, 0.25) is 0 Å². The van der Waals surface area contributed by atoms with Gasteiger partial charge in [0.15, 0.2) is 0 Å². The maximum absolute atomic E-state index is 11.8. The lowest BCUT2D eigenvalue weighted by Gasteiger charge is -2.11. The zero-order valence-electron chi connectivity index (χ0n) is 10.5. The van der Waals surface area contributed by atoms with Crippen LogP contribution in [0.25, 0.3) is 5.69 Å². The summed E-state index contributed by atoms with van der Waals surface area (Å²) in [4.78, 5) is 22.5. The number of carboxylic acids is 1. The number of aryl methyl sites for hydroxylation is 1. The Balaban J connectivity index is 2.37. The van der Waals surface area contributed by atoms with E-state index < -0.39 is 12.0 Å². The number of nitrogens with zero attached hydrogens (tertiary/aromatic N) is 2. The fourth-order valence-electron chi connectivity index (χ4n) is 1.87. The SMILES string of the molecule is Cn1ccn(-c2cccc(C(N)CC(=O)O)c2)c1=O. The highest BCUT2D eigenvalue weighted by Crippen LogP contribution is 2.17. The summed E-state index contributed by atoms with van der Waals surface area (Å²) in [6, 6.07) is 6.43. The van der Waals surface area contributed by atoms with Crippen LogP contribution >= 0.6 is 0 Å². The van der Waals surface area contributed by atoms with Gasteiger partial charge in [-0.1, -0.05) is 12.1 Å². The van der Waals surface area contributed by atoms with Crippen LogP contribution in [0.4, 0.5) is 0 Å². The zero-order valence-corrected chi connectivity index (χ0v) is 10.5. The van der Waals surface area contributed by atoms with E-state index in [1.54, 1.807) is 43.7 Å². The van der Waals surface area contributed by atoms with Crippen LogP contribution in [0, 0.1) is 0 Å². The summed E-state index contributed by atoms with van der Waals surface area (Å²) < 4.78 is 2.95. The number of rotatable bonds is 4. The lowest BCUT2D eigenvalue weighted by Crippen LogP contribution is -2.21. The van der Waals surface area contributed by atoms with Crippen molar-refractivity contribution in [3.8, 4) is 5.69 Å². The summed E-state index contributed by atoms with van der Waals surface area (Å²) in [5, 5.41) is 8.74. The number of nitrogens with two attached hydrogens (primary N) is 1. The summed E-state index contributed by atoms with van der Waals surface area (Å²) in [6.07, 6.45) is 3.17. The monoisotopic (exact) mass is 261 g/mol. The molecule has 0 amide bonds. The molecular weight excluding hydrogens is 246 g/mol. The van der Waals surface area contributed by atoms with Crippen LogP contribution in [0.15, 0.2) is 41.5 Å². The van der Waals surface area contributed by atoms with Crippen molar-refractivity contribution >= 4 is 5.97 Å². The normalized spacial score (nSPS) is 12.3. The molecule has 2 rings (SSSR count). The van der Waals surface area contributed by atoms with E-state index in [0.717, 1.165) is 0 Å². The molecule has 0 spiro atoms. The highest BCUT2D eigenvalue weighted by molar-refractivity contribution is 5.68. The number of carbonyl (C=O) groups is 1. The highest BCUT2D eigenvalue weighted by atomic mass is 16.4. The van der Waals surface area contributed by atoms with Crippen LogP contribution < -0.4 is 11.4 Å². The van der Waals surface area contributed by atoms with Crippen LogP contribution in [0.3, 0.4) is 0 Å². The predicted molar refractivity (Wildman–Crippen MR) is 70.2 cm³/mol. The van der Waals surface area contributed by atoms with Gasteiger partial charge in [-0.25, -0.2) is 4.79 Å². The van der Waals surface area contributed by atoms with Gasteiger partial charge in [-0.3, -0.25) is 9.36 Å². The highest BCUT2D eigenvalue weighted by Gasteiger charge is 2.12. The van der Waals surface area contributed by atoms with Gasteiger partial charge in [0, 0.05) is 25.5 Å². The average Bonchev–Trinajstić information content (AvgIpc) is 2.69. The second-order valence-corrected chi connectivity index (χ2v) is 4.36. The van der Waals surface area contributed by atoms with E-state index in [4.69, 9.17) is 10.8 Å². The largest absolute Gasteiger partial charge is 0.481 e. The summed E-state index contributed by atoms with van der Waals surface area (Å²) >= 11 is 0. The molecule has 0 fully saturated rings. The molecule has 0 saturated carbocycles. The van der Waals surface area contributed by atoms with Gasteiger partial charge in [0.25, 0.3) is 0 Å². The van der Waals surface area contributed by atoms with Crippen molar-refractivity contribution in [2.45, 2.75) is 12.5 Å². The van der Waals surface area contributed by atoms with E-state index >= 15 is 0 Å². The van der Waals surface area contributed by atoms with Gasteiger partial charge in [-0.05, 0) is 17.7 Å². The van der Waals surface area contributed by atoms with Crippen molar-refractivity contribution in [2.24, 2.45) is 12.8 Å². The third kappa shape index (κ3) is 2.74. The second kappa shape index (κ2) is 5.11.